The van der Waals surface area contributed by atoms with Crippen molar-refractivity contribution < 1.29 is 24.5 Å². The van der Waals surface area contributed by atoms with Crippen molar-refractivity contribution in [3.63, 3.8) is 0 Å². The number of aromatic nitrogens is 1. The second kappa shape index (κ2) is 8.89. The minimum absolute atomic E-state index is 0.558. The SMILES string of the molecule is COc1ccc2[nH]cc(CCN3CCC3)c2c1.O=C(O)/C=C/C(=O)O. The molecule has 3 rings (SSSR count). The molecule has 7 nitrogen and oxygen atoms in total. The number of carboxylic acid groups (broad SMARTS) is 2. The zero-order valence-corrected chi connectivity index (χ0v) is 14.1. The Hall–Kier alpha value is -2.80. The lowest BCUT2D eigenvalue weighted by molar-refractivity contribution is -0.134. The van der Waals surface area contributed by atoms with Gasteiger partial charge in [-0.2, -0.15) is 0 Å². The molecule has 0 saturated carbocycles. The number of carboxylic acids is 2. The molecular weight excluding hydrogens is 324 g/mol. The van der Waals surface area contributed by atoms with E-state index in [0.717, 1.165) is 12.2 Å². The molecule has 25 heavy (non-hydrogen) atoms. The first-order valence-electron chi connectivity index (χ1n) is 8.00. The summed E-state index contributed by atoms with van der Waals surface area (Å²) in [5.74, 6) is -1.58. The molecule has 0 atom stereocenters. The smallest absolute Gasteiger partial charge is 0.328 e. The molecule has 0 amide bonds. The summed E-state index contributed by atoms with van der Waals surface area (Å²) < 4.78 is 5.28. The highest BCUT2D eigenvalue weighted by Crippen LogP contribution is 2.24. The van der Waals surface area contributed by atoms with E-state index in [4.69, 9.17) is 14.9 Å². The van der Waals surface area contributed by atoms with E-state index in [-0.39, 0.29) is 0 Å². The topological polar surface area (TPSA) is 103 Å². The Morgan fingerprint density at radius 1 is 1.24 bits per heavy atom. The minimum atomic E-state index is -1.26. The van der Waals surface area contributed by atoms with E-state index in [2.05, 4.69) is 28.2 Å². The molecule has 1 fully saturated rings. The molecule has 0 bridgehead atoms. The fourth-order valence-corrected chi connectivity index (χ4v) is 2.52. The number of benzene rings is 1. The maximum Gasteiger partial charge on any atom is 0.328 e. The standard InChI is InChI=1S/C14H18N2O.C4H4O4/c1-17-12-3-4-14-13(9-12)11(10-15-14)5-8-16-6-2-7-16;5-3(6)1-2-4(7)8/h3-4,9-10,15H,2,5-8H2,1H3;1-2H,(H,5,6)(H,7,8)/b;2-1+. The van der Waals surface area contributed by atoms with Crippen molar-refractivity contribution in [1.82, 2.24) is 9.88 Å². The number of H-pyrrole nitrogens is 1. The Morgan fingerprint density at radius 3 is 2.44 bits per heavy atom. The van der Waals surface area contributed by atoms with Gasteiger partial charge in [0.25, 0.3) is 0 Å². The molecule has 1 saturated heterocycles. The predicted molar refractivity (Wildman–Crippen MR) is 94.0 cm³/mol. The summed E-state index contributed by atoms with van der Waals surface area (Å²) in [7, 11) is 1.72. The summed E-state index contributed by atoms with van der Waals surface area (Å²) in [5.41, 5.74) is 2.59. The van der Waals surface area contributed by atoms with Crippen LogP contribution in [0.3, 0.4) is 0 Å². The van der Waals surface area contributed by atoms with Crippen molar-refractivity contribution in [3.8, 4) is 5.75 Å². The monoisotopic (exact) mass is 346 g/mol. The van der Waals surface area contributed by atoms with Crippen LogP contribution in [0.4, 0.5) is 0 Å². The lowest BCUT2D eigenvalue weighted by Gasteiger charge is -2.30. The zero-order valence-electron chi connectivity index (χ0n) is 14.1. The van der Waals surface area contributed by atoms with Crippen LogP contribution in [0.5, 0.6) is 5.75 Å². The first kappa shape index (κ1) is 18.5. The van der Waals surface area contributed by atoms with Gasteiger partial charge in [0.05, 0.1) is 7.11 Å². The van der Waals surface area contributed by atoms with Gasteiger partial charge in [-0.1, -0.05) is 0 Å². The van der Waals surface area contributed by atoms with Crippen LogP contribution in [-0.2, 0) is 16.0 Å². The van der Waals surface area contributed by atoms with Crippen LogP contribution in [0.15, 0.2) is 36.5 Å². The largest absolute Gasteiger partial charge is 0.497 e. The average molecular weight is 346 g/mol. The number of carbonyl (C=O) groups is 2. The van der Waals surface area contributed by atoms with Gasteiger partial charge in [0.15, 0.2) is 0 Å². The van der Waals surface area contributed by atoms with Gasteiger partial charge in [-0.3, -0.25) is 0 Å². The van der Waals surface area contributed by atoms with Gasteiger partial charge < -0.3 is 24.8 Å². The van der Waals surface area contributed by atoms with Crippen LogP contribution in [0.25, 0.3) is 10.9 Å². The molecule has 7 heteroatoms. The van der Waals surface area contributed by atoms with Gasteiger partial charge >= 0.3 is 11.9 Å². The van der Waals surface area contributed by atoms with Crippen molar-refractivity contribution in [2.75, 3.05) is 26.7 Å². The van der Waals surface area contributed by atoms with Crippen molar-refractivity contribution in [2.24, 2.45) is 0 Å². The Kier molecular flexibility index (Phi) is 6.59. The average Bonchev–Trinajstić information content (AvgIpc) is 2.94. The van der Waals surface area contributed by atoms with E-state index in [1.54, 1.807) is 7.11 Å². The molecule has 0 radical (unpaired) electrons. The second-order valence-corrected chi connectivity index (χ2v) is 5.68. The number of hydrogen-bond donors (Lipinski definition) is 3. The first-order valence-corrected chi connectivity index (χ1v) is 8.00. The molecule has 134 valence electrons. The van der Waals surface area contributed by atoms with Gasteiger partial charge in [0, 0.05) is 35.8 Å². The number of aromatic amines is 1. The Bertz CT molecular complexity index is 746. The normalized spacial score (nSPS) is 14.0. The molecule has 1 aliphatic rings. The van der Waals surface area contributed by atoms with Crippen LogP contribution in [0.2, 0.25) is 0 Å². The Labute approximate surface area is 145 Å². The van der Waals surface area contributed by atoms with E-state index >= 15 is 0 Å². The Morgan fingerprint density at radius 2 is 1.92 bits per heavy atom. The van der Waals surface area contributed by atoms with Gasteiger partial charge in [0.2, 0.25) is 0 Å². The fourth-order valence-electron chi connectivity index (χ4n) is 2.52. The molecule has 3 N–H and O–H groups in total. The number of methoxy groups -OCH3 is 1. The quantitative estimate of drug-likeness (QED) is 0.693. The zero-order chi connectivity index (χ0) is 18.2. The number of aliphatic carboxylic acids is 2. The third-order valence-electron chi connectivity index (χ3n) is 3.99. The molecule has 1 aromatic carbocycles. The molecule has 0 spiro atoms. The van der Waals surface area contributed by atoms with Gasteiger partial charge in [-0.05, 0) is 49.7 Å². The van der Waals surface area contributed by atoms with Crippen LogP contribution in [-0.4, -0.2) is 58.8 Å². The molecule has 2 aromatic rings. The van der Waals surface area contributed by atoms with Crippen molar-refractivity contribution in [3.05, 3.63) is 42.1 Å². The van der Waals surface area contributed by atoms with Gasteiger partial charge in [-0.25, -0.2) is 9.59 Å². The maximum atomic E-state index is 9.55. The van der Waals surface area contributed by atoms with Crippen molar-refractivity contribution >= 4 is 22.8 Å². The highest BCUT2D eigenvalue weighted by molar-refractivity contribution is 5.89. The number of rotatable bonds is 6. The summed E-state index contributed by atoms with van der Waals surface area (Å²) in [4.78, 5) is 24.9. The van der Waals surface area contributed by atoms with Gasteiger partial charge in [-0.15, -0.1) is 0 Å². The molecule has 0 aliphatic carbocycles. The number of ether oxygens (including phenoxy) is 1. The number of nitrogens with one attached hydrogen (secondary N) is 1. The first-order chi connectivity index (χ1) is 12.0. The van der Waals surface area contributed by atoms with Crippen LogP contribution < -0.4 is 4.74 Å². The molecule has 2 heterocycles. The summed E-state index contributed by atoms with van der Waals surface area (Å²) in [6.45, 7) is 3.71. The summed E-state index contributed by atoms with van der Waals surface area (Å²) >= 11 is 0. The van der Waals surface area contributed by atoms with E-state index in [1.165, 1.54) is 42.5 Å². The fraction of sp³-hybridized carbons (Fsp3) is 0.333. The second-order valence-electron chi connectivity index (χ2n) is 5.68. The predicted octanol–water partition coefficient (Wildman–Crippen LogP) is 2.14. The molecular formula is C18H22N2O5. The van der Waals surface area contributed by atoms with Crippen LogP contribution in [0, 0.1) is 0 Å². The van der Waals surface area contributed by atoms with Crippen LogP contribution in [0.1, 0.15) is 12.0 Å². The lowest BCUT2D eigenvalue weighted by atomic mass is 10.1. The van der Waals surface area contributed by atoms with Crippen molar-refractivity contribution in [1.29, 1.82) is 0 Å². The number of fused-ring (bicyclic) bond motifs is 1. The molecule has 0 unspecified atom stereocenters. The van der Waals surface area contributed by atoms with E-state index in [9.17, 15) is 9.59 Å². The molecule has 1 aliphatic heterocycles. The van der Waals surface area contributed by atoms with E-state index < -0.39 is 11.9 Å². The lowest BCUT2D eigenvalue weighted by Crippen LogP contribution is -2.38. The highest BCUT2D eigenvalue weighted by Gasteiger charge is 2.14. The summed E-state index contributed by atoms with van der Waals surface area (Å²) in [5, 5.41) is 16.9. The van der Waals surface area contributed by atoms with Crippen molar-refractivity contribution in [2.45, 2.75) is 12.8 Å². The van der Waals surface area contributed by atoms with Crippen LogP contribution >= 0.6 is 0 Å². The summed E-state index contributed by atoms with van der Waals surface area (Å²) in [6.07, 6.45) is 5.73. The minimum Gasteiger partial charge on any atom is -0.497 e. The number of hydrogen-bond acceptors (Lipinski definition) is 4. The highest BCUT2D eigenvalue weighted by atomic mass is 16.5. The van der Waals surface area contributed by atoms with Gasteiger partial charge in [0.1, 0.15) is 5.75 Å². The Balaban J connectivity index is 0.000000242. The van der Waals surface area contributed by atoms with E-state index in [0.29, 0.717) is 12.2 Å². The third-order valence-corrected chi connectivity index (χ3v) is 3.99. The molecule has 1 aromatic heterocycles. The maximum absolute atomic E-state index is 9.55. The summed E-state index contributed by atoms with van der Waals surface area (Å²) in [6, 6.07) is 6.20. The van der Waals surface area contributed by atoms with E-state index in [1.807, 2.05) is 6.07 Å². The number of likely N-dealkylation sites (tertiary alicyclic amines) is 1. The third kappa shape index (κ3) is 5.65. The number of nitrogens with zero attached hydrogens (tertiary/aromatic N) is 1.